The van der Waals surface area contributed by atoms with Gasteiger partial charge in [-0.2, -0.15) is 0 Å². The van der Waals surface area contributed by atoms with Gasteiger partial charge in [-0.3, -0.25) is 10.1 Å². The maximum atomic E-state index is 11.3. The van der Waals surface area contributed by atoms with Gasteiger partial charge in [-0.15, -0.1) is 0 Å². The molecule has 0 N–H and O–H groups in total. The molecule has 6 heteroatoms. The standard InChI is InChI=1S/C13H11NO5/c1-8-7-9(14(16)17)3-4-10(8)11-5-6-12(19-11)13(15)18-2/h3-7H,1-2H3. The van der Waals surface area contributed by atoms with Crippen LogP contribution in [0.4, 0.5) is 5.69 Å². The number of nitro groups is 1. The van der Waals surface area contributed by atoms with E-state index in [0.717, 1.165) is 0 Å². The molecule has 6 nitrogen and oxygen atoms in total. The lowest BCUT2D eigenvalue weighted by Gasteiger charge is -2.02. The van der Waals surface area contributed by atoms with Gasteiger partial charge in [0.25, 0.3) is 5.69 Å². The summed E-state index contributed by atoms with van der Waals surface area (Å²) in [5.41, 5.74) is 1.40. The van der Waals surface area contributed by atoms with E-state index in [1.165, 1.54) is 25.3 Å². The maximum Gasteiger partial charge on any atom is 0.373 e. The SMILES string of the molecule is COC(=O)c1ccc(-c2ccc([N+](=O)[O-])cc2C)o1. The predicted molar refractivity (Wildman–Crippen MR) is 66.9 cm³/mol. The highest BCUT2D eigenvalue weighted by Crippen LogP contribution is 2.28. The van der Waals surface area contributed by atoms with Gasteiger partial charge in [-0.1, -0.05) is 0 Å². The second-order valence-electron chi connectivity index (χ2n) is 3.91. The number of ether oxygens (including phenoxy) is 1. The Morgan fingerprint density at radius 3 is 2.63 bits per heavy atom. The number of hydrogen-bond donors (Lipinski definition) is 0. The largest absolute Gasteiger partial charge is 0.463 e. The lowest BCUT2D eigenvalue weighted by atomic mass is 10.1. The zero-order valence-electron chi connectivity index (χ0n) is 10.4. The molecule has 98 valence electrons. The van der Waals surface area contributed by atoms with Gasteiger partial charge in [0.2, 0.25) is 5.76 Å². The maximum absolute atomic E-state index is 11.3. The van der Waals surface area contributed by atoms with Crippen LogP contribution in [0.3, 0.4) is 0 Å². The van der Waals surface area contributed by atoms with Crippen molar-refractivity contribution in [2.45, 2.75) is 6.92 Å². The van der Waals surface area contributed by atoms with Crippen LogP contribution in [0.2, 0.25) is 0 Å². The van der Waals surface area contributed by atoms with Crippen molar-refractivity contribution in [1.29, 1.82) is 0 Å². The summed E-state index contributed by atoms with van der Waals surface area (Å²) in [6, 6.07) is 7.56. The quantitative estimate of drug-likeness (QED) is 0.482. The zero-order valence-corrected chi connectivity index (χ0v) is 10.4. The molecule has 0 aliphatic heterocycles. The average molecular weight is 261 g/mol. The molecule has 0 atom stereocenters. The normalized spacial score (nSPS) is 10.2. The first-order chi connectivity index (χ1) is 9.02. The second-order valence-corrected chi connectivity index (χ2v) is 3.91. The highest BCUT2D eigenvalue weighted by atomic mass is 16.6. The number of furan rings is 1. The minimum atomic E-state index is -0.564. The van der Waals surface area contributed by atoms with E-state index in [4.69, 9.17) is 4.42 Å². The minimum absolute atomic E-state index is 0.0148. The Kier molecular flexibility index (Phi) is 3.33. The predicted octanol–water partition coefficient (Wildman–Crippen LogP) is 2.95. The van der Waals surface area contributed by atoms with E-state index in [0.29, 0.717) is 16.9 Å². The summed E-state index contributed by atoms with van der Waals surface area (Å²) in [5, 5.41) is 10.7. The van der Waals surface area contributed by atoms with Crippen molar-refractivity contribution in [2.24, 2.45) is 0 Å². The Morgan fingerprint density at radius 1 is 1.32 bits per heavy atom. The van der Waals surface area contributed by atoms with Crippen molar-refractivity contribution >= 4 is 11.7 Å². The monoisotopic (exact) mass is 261 g/mol. The van der Waals surface area contributed by atoms with Crippen molar-refractivity contribution in [2.75, 3.05) is 7.11 Å². The summed E-state index contributed by atoms with van der Waals surface area (Å²) in [4.78, 5) is 21.5. The number of nitrogens with zero attached hydrogens (tertiary/aromatic N) is 1. The van der Waals surface area contributed by atoms with Gasteiger partial charge in [-0.25, -0.2) is 4.79 Å². The number of nitro benzene ring substituents is 1. The molecule has 1 heterocycles. The fraction of sp³-hybridized carbons (Fsp3) is 0.154. The molecule has 19 heavy (non-hydrogen) atoms. The molecule has 0 saturated carbocycles. The molecular weight excluding hydrogens is 250 g/mol. The van der Waals surface area contributed by atoms with Gasteiger partial charge < -0.3 is 9.15 Å². The Morgan fingerprint density at radius 2 is 2.05 bits per heavy atom. The van der Waals surface area contributed by atoms with E-state index in [1.54, 1.807) is 19.1 Å². The van der Waals surface area contributed by atoms with Crippen LogP contribution in [-0.2, 0) is 4.74 Å². The van der Waals surface area contributed by atoms with Crippen molar-refractivity contribution in [3.63, 3.8) is 0 Å². The lowest BCUT2D eigenvalue weighted by molar-refractivity contribution is -0.384. The fourth-order valence-corrected chi connectivity index (χ4v) is 1.73. The van der Waals surface area contributed by atoms with E-state index in [1.807, 2.05) is 0 Å². The van der Waals surface area contributed by atoms with E-state index >= 15 is 0 Å². The van der Waals surface area contributed by atoms with Crippen LogP contribution in [0, 0.1) is 17.0 Å². The summed E-state index contributed by atoms with van der Waals surface area (Å²) < 4.78 is 9.90. The average Bonchev–Trinajstić information content (AvgIpc) is 2.87. The van der Waals surface area contributed by atoms with Crippen LogP contribution in [-0.4, -0.2) is 18.0 Å². The van der Waals surface area contributed by atoms with Gasteiger partial charge in [-0.05, 0) is 30.7 Å². The number of carbonyl (C=O) groups excluding carboxylic acids is 1. The number of hydrogen-bond acceptors (Lipinski definition) is 5. The van der Waals surface area contributed by atoms with E-state index in [-0.39, 0.29) is 11.4 Å². The number of rotatable bonds is 3. The number of benzene rings is 1. The Bertz CT molecular complexity index is 644. The highest BCUT2D eigenvalue weighted by Gasteiger charge is 2.15. The van der Waals surface area contributed by atoms with Gasteiger partial charge in [0.15, 0.2) is 0 Å². The molecule has 0 amide bonds. The number of esters is 1. The molecule has 2 aromatic rings. The van der Waals surface area contributed by atoms with E-state index in [9.17, 15) is 14.9 Å². The summed E-state index contributed by atoms with van der Waals surface area (Å²) in [6.45, 7) is 1.74. The third-order valence-electron chi connectivity index (χ3n) is 2.68. The van der Waals surface area contributed by atoms with E-state index in [2.05, 4.69) is 4.74 Å². The molecule has 0 fully saturated rings. The Balaban J connectivity index is 2.39. The molecule has 0 aliphatic carbocycles. The number of carbonyl (C=O) groups is 1. The zero-order chi connectivity index (χ0) is 14.0. The molecule has 0 spiro atoms. The molecule has 0 saturated heterocycles. The first-order valence-electron chi connectivity index (χ1n) is 5.46. The summed E-state index contributed by atoms with van der Waals surface area (Å²) in [5.74, 6) is -0.00568. The van der Waals surface area contributed by atoms with Crippen LogP contribution in [0.1, 0.15) is 16.1 Å². The number of aryl methyl sites for hydroxylation is 1. The van der Waals surface area contributed by atoms with Gasteiger partial charge in [0, 0.05) is 17.7 Å². The number of methoxy groups -OCH3 is 1. The summed E-state index contributed by atoms with van der Waals surface area (Å²) in [6.07, 6.45) is 0. The van der Waals surface area contributed by atoms with Crippen LogP contribution in [0.5, 0.6) is 0 Å². The first kappa shape index (κ1) is 12.8. The van der Waals surface area contributed by atoms with Crippen molar-refractivity contribution in [3.8, 4) is 11.3 Å². The summed E-state index contributed by atoms with van der Waals surface area (Å²) in [7, 11) is 1.27. The van der Waals surface area contributed by atoms with Crippen molar-refractivity contribution < 1.29 is 18.9 Å². The molecule has 0 bridgehead atoms. The summed E-state index contributed by atoms with van der Waals surface area (Å²) >= 11 is 0. The lowest BCUT2D eigenvalue weighted by Crippen LogP contribution is -1.98. The third kappa shape index (κ3) is 2.47. The highest BCUT2D eigenvalue weighted by molar-refractivity contribution is 5.87. The number of non-ortho nitro benzene ring substituents is 1. The van der Waals surface area contributed by atoms with Gasteiger partial charge in [0.05, 0.1) is 12.0 Å². The molecule has 1 aromatic carbocycles. The Hall–Kier alpha value is -2.63. The van der Waals surface area contributed by atoms with Crippen LogP contribution in [0.25, 0.3) is 11.3 Å². The molecule has 0 aliphatic rings. The van der Waals surface area contributed by atoms with Gasteiger partial charge in [0.1, 0.15) is 5.76 Å². The minimum Gasteiger partial charge on any atom is -0.463 e. The molecule has 0 radical (unpaired) electrons. The van der Waals surface area contributed by atoms with Crippen LogP contribution in [0.15, 0.2) is 34.7 Å². The first-order valence-corrected chi connectivity index (χ1v) is 5.46. The van der Waals surface area contributed by atoms with Gasteiger partial charge >= 0.3 is 5.97 Å². The fourth-order valence-electron chi connectivity index (χ4n) is 1.73. The topological polar surface area (TPSA) is 82.6 Å². The molecule has 0 unspecified atom stereocenters. The van der Waals surface area contributed by atoms with Crippen molar-refractivity contribution in [3.05, 3.63) is 51.8 Å². The van der Waals surface area contributed by atoms with Crippen molar-refractivity contribution in [1.82, 2.24) is 0 Å². The van der Waals surface area contributed by atoms with Crippen LogP contribution < -0.4 is 0 Å². The molecule has 2 rings (SSSR count). The molecular formula is C13H11NO5. The smallest absolute Gasteiger partial charge is 0.373 e. The van der Waals surface area contributed by atoms with Crippen LogP contribution >= 0.6 is 0 Å². The Labute approximate surface area is 108 Å². The third-order valence-corrected chi connectivity index (χ3v) is 2.68. The molecule has 1 aromatic heterocycles. The second kappa shape index (κ2) is 4.93. The van der Waals surface area contributed by atoms with E-state index < -0.39 is 10.9 Å².